The summed E-state index contributed by atoms with van der Waals surface area (Å²) in [4.78, 5) is 8.00. The van der Waals surface area contributed by atoms with Gasteiger partial charge in [-0.1, -0.05) is 19.1 Å². The fraction of sp³-hybridized carbons (Fsp3) is 0.579. The average molecular weight is 529 g/mol. The predicted octanol–water partition coefficient (Wildman–Crippen LogP) is 2.85. The number of nitrogens with one attached hydrogen (secondary N) is 1. The lowest BCUT2D eigenvalue weighted by molar-refractivity contribution is -0.237. The molecule has 34 heavy (non-hydrogen) atoms. The van der Waals surface area contributed by atoms with E-state index < -0.39 is 75.6 Å². The third-order valence-corrected chi connectivity index (χ3v) is 8.04. The normalized spacial score (nSPS) is 18.5. The fourth-order valence-corrected chi connectivity index (χ4v) is 5.54. The van der Waals surface area contributed by atoms with Crippen molar-refractivity contribution in [3.8, 4) is 5.88 Å². The van der Waals surface area contributed by atoms with Crippen molar-refractivity contribution in [1.29, 1.82) is 0 Å². The summed E-state index contributed by atoms with van der Waals surface area (Å²) in [5.74, 6) is -1.76. The molecule has 3 rings (SSSR count). The molecular formula is C19H24F4N4O5S2. The van der Waals surface area contributed by atoms with Crippen LogP contribution in [0.4, 0.5) is 23.4 Å². The molecule has 1 N–H and O–H groups in total. The number of benzene rings is 1. The maximum absolute atomic E-state index is 15.6. The van der Waals surface area contributed by atoms with Crippen LogP contribution in [0.5, 0.6) is 5.88 Å². The summed E-state index contributed by atoms with van der Waals surface area (Å²) in [7, 11) is -7.70. The van der Waals surface area contributed by atoms with Crippen LogP contribution in [0.25, 0.3) is 11.0 Å². The van der Waals surface area contributed by atoms with Crippen LogP contribution in [0.15, 0.2) is 24.3 Å². The SMILES string of the molecule is CCCS(=O)(=O)Nc1nc2ccccc2nc1OC(C(F)(F)F)C1(F)CCN(S(C)(=O)=O)CC1. The quantitative estimate of drug-likeness (QED) is 0.524. The zero-order chi connectivity index (χ0) is 25.4. The molecule has 2 aromatic rings. The molecule has 9 nitrogen and oxygen atoms in total. The first-order chi connectivity index (χ1) is 15.6. The van der Waals surface area contributed by atoms with E-state index in [-0.39, 0.29) is 23.2 Å². The van der Waals surface area contributed by atoms with E-state index in [1.54, 1.807) is 19.1 Å². The smallest absolute Gasteiger partial charge is 0.428 e. The number of alkyl halides is 4. The summed E-state index contributed by atoms with van der Waals surface area (Å²) >= 11 is 0. The second kappa shape index (κ2) is 9.41. The van der Waals surface area contributed by atoms with Crippen molar-refractivity contribution < 1.29 is 39.1 Å². The van der Waals surface area contributed by atoms with Crippen molar-refractivity contribution in [2.24, 2.45) is 0 Å². The molecule has 1 aliphatic rings. The number of halogens is 4. The van der Waals surface area contributed by atoms with Gasteiger partial charge in [0.25, 0.3) is 5.88 Å². The largest absolute Gasteiger partial charge is 0.459 e. The number of aromatic nitrogens is 2. The van der Waals surface area contributed by atoms with Crippen LogP contribution in [-0.2, 0) is 20.0 Å². The first-order valence-corrected chi connectivity index (χ1v) is 13.8. The number of para-hydroxylation sites is 2. The molecule has 2 heterocycles. The van der Waals surface area contributed by atoms with Gasteiger partial charge < -0.3 is 4.74 Å². The molecule has 1 aliphatic heterocycles. The van der Waals surface area contributed by atoms with Gasteiger partial charge in [0.2, 0.25) is 32.0 Å². The first-order valence-electron chi connectivity index (χ1n) is 10.3. The van der Waals surface area contributed by atoms with E-state index in [9.17, 15) is 30.0 Å². The molecule has 15 heteroatoms. The van der Waals surface area contributed by atoms with Crippen LogP contribution in [-0.4, -0.2) is 74.2 Å². The lowest BCUT2D eigenvalue weighted by Gasteiger charge is -2.40. The predicted molar refractivity (Wildman–Crippen MR) is 117 cm³/mol. The van der Waals surface area contributed by atoms with E-state index in [1.807, 2.05) is 0 Å². The molecule has 0 aliphatic carbocycles. The zero-order valence-electron chi connectivity index (χ0n) is 18.3. The number of rotatable bonds is 8. The van der Waals surface area contributed by atoms with Gasteiger partial charge in [-0.2, -0.15) is 13.2 Å². The summed E-state index contributed by atoms with van der Waals surface area (Å²) < 4.78 is 113. The number of hydrogen-bond acceptors (Lipinski definition) is 7. The minimum absolute atomic E-state index is 0.108. The highest BCUT2D eigenvalue weighted by Crippen LogP contribution is 2.42. The number of ether oxygens (including phenoxy) is 1. The van der Waals surface area contributed by atoms with Crippen molar-refractivity contribution in [2.75, 3.05) is 29.8 Å². The number of nitrogens with zero attached hydrogens (tertiary/aromatic N) is 3. The fourth-order valence-electron chi connectivity index (χ4n) is 3.63. The topological polar surface area (TPSA) is 119 Å². The first kappa shape index (κ1) is 26.3. The Balaban J connectivity index is 2.02. The zero-order valence-corrected chi connectivity index (χ0v) is 20.0. The Morgan fingerprint density at radius 1 is 1.12 bits per heavy atom. The number of sulfonamides is 2. The lowest BCUT2D eigenvalue weighted by Crippen LogP contribution is -2.57. The number of piperidine rings is 1. The molecule has 0 amide bonds. The molecule has 1 saturated heterocycles. The average Bonchev–Trinajstić information content (AvgIpc) is 2.70. The van der Waals surface area contributed by atoms with E-state index in [0.717, 1.165) is 10.6 Å². The Morgan fingerprint density at radius 2 is 1.68 bits per heavy atom. The van der Waals surface area contributed by atoms with Gasteiger partial charge in [0, 0.05) is 13.1 Å². The Bertz CT molecular complexity index is 1250. The number of anilines is 1. The van der Waals surface area contributed by atoms with Gasteiger partial charge in [-0.05, 0) is 31.4 Å². The highest BCUT2D eigenvalue weighted by molar-refractivity contribution is 7.92. The van der Waals surface area contributed by atoms with E-state index in [0.29, 0.717) is 0 Å². The Kier molecular flexibility index (Phi) is 7.30. The van der Waals surface area contributed by atoms with E-state index >= 15 is 4.39 Å². The highest BCUT2D eigenvalue weighted by atomic mass is 32.2. The summed E-state index contributed by atoms with van der Waals surface area (Å²) in [6.07, 6.45) is -8.69. The van der Waals surface area contributed by atoms with Gasteiger partial charge in [0.05, 0.1) is 23.0 Å². The van der Waals surface area contributed by atoms with Crippen LogP contribution in [0.1, 0.15) is 26.2 Å². The Labute approximate surface area is 194 Å². The van der Waals surface area contributed by atoms with Crippen molar-refractivity contribution >= 4 is 36.9 Å². The van der Waals surface area contributed by atoms with Gasteiger partial charge >= 0.3 is 6.18 Å². The molecule has 1 atom stereocenters. The van der Waals surface area contributed by atoms with Crippen molar-refractivity contribution in [2.45, 2.75) is 44.1 Å². The summed E-state index contributed by atoms with van der Waals surface area (Å²) in [6.45, 7) is 0.660. The minimum Gasteiger partial charge on any atom is -0.459 e. The molecule has 1 unspecified atom stereocenters. The van der Waals surface area contributed by atoms with Crippen LogP contribution in [0, 0.1) is 0 Å². The van der Waals surface area contributed by atoms with Gasteiger partial charge in [-0.15, -0.1) is 0 Å². The minimum atomic E-state index is -5.21. The van der Waals surface area contributed by atoms with E-state index in [2.05, 4.69) is 14.7 Å². The molecular weight excluding hydrogens is 504 g/mol. The monoisotopic (exact) mass is 528 g/mol. The van der Waals surface area contributed by atoms with E-state index in [1.165, 1.54) is 12.1 Å². The van der Waals surface area contributed by atoms with Gasteiger partial charge in [-0.25, -0.2) is 35.5 Å². The molecule has 0 saturated carbocycles. The maximum Gasteiger partial charge on any atom is 0.428 e. The second-order valence-corrected chi connectivity index (χ2v) is 11.8. The van der Waals surface area contributed by atoms with Gasteiger partial charge in [-0.3, -0.25) is 4.72 Å². The third-order valence-electron chi connectivity index (χ3n) is 5.28. The standard InChI is InChI=1S/C19H24F4N4O5S2/c1-3-12-34(30,31)26-15-16(25-14-7-5-4-6-13(14)24-15)32-17(19(21,22)23)18(20)8-10-27(11-9-18)33(2,28)29/h4-7,17H,3,8-12H2,1-2H3,(H,24,26). The lowest BCUT2D eigenvalue weighted by atomic mass is 9.88. The summed E-state index contributed by atoms with van der Waals surface area (Å²) in [6, 6.07) is 6.02. The molecule has 0 bridgehead atoms. The van der Waals surface area contributed by atoms with Crippen molar-refractivity contribution in [3.05, 3.63) is 24.3 Å². The maximum atomic E-state index is 15.6. The second-order valence-electron chi connectivity index (χ2n) is 8.02. The Morgan fingerprint density at radius 3 is 2.18 bits per heavy atom. The molecule has 190 valence electrons. The van der Waals surface area contributed by atoms with Crippen LogP contribution in [0.3, 0.4) is 0 Å². The van der Waals surface area contributed by atoms with Gasteiger partial charge in [0.1, 0.15) is 0 Å². The van der Waals surface area contributed by atoms with Crippen LogP contribution < -0.4 is 9.46 Å². The van der Waals surface area contributed by atoms with Crippen molar-refractivity contribution in [3.63, 3.8) is 0 Å². The molecule has 1 fully saturated rings. The molecule has 1 aromatic carbocycles. The summed E-state index contributed by atoms with van der Waals surface area (Å²) in [5, 5.41) is 0. The van der Waals surface area contributed by atoms with Gasteiger partial charge in [0.15, 0.2) is 5.67 Å². The summed E-state index contributed by atoms with van der Waals surface area (Å²) in [5.41, 5.74) is -2.69. The molecule has 1 aromatic heterocycles. The van der Waals surface area contributed by atoms with Crippen LogP contribution >= 0.6 is 0 Å². The third kappa shape index (κ3) is 6.05. The molecule has 0 spiro atoms. The Hall–Kier alpha value is -2.26. The van der Waals surface area contributed by atoms with Crippen LogP contribution in [0.2, 0.25) is 0 Å². The molecule has 0 radical (unpaired) electrons. The highest BCUT2D eigenvalue weighted by Gasteiger charge is 2.58. The number of hydrogen-bond donors (Lipinski definition) is 1. The number of fused-ring (bicyclic) bond motifs is 1. The van der Waals surface area contributed by atoms with Crippen molar-refractivity contribution in [1.82, 2.24) is 14.3 Å². The van der Waals surface area contributed by atoms with E-state index in [4.69, 9.17) is 4.74 Å².